The van der Waals surface area contributed by atoms with Gasteiger partial charge in [0.2, 0.25) is 0 Å². The van der Waals surface area contributed by atoms with E-state index in [0.29, 0.717) is 6.61 Å². The van der Waals surface area contributed by atoms with Gasteiger partial charge in [0.1, 0.15) is 4.34 Å². The van der Waals surface area contributed by atoms with Crippen LogP contribution in [-0.4, -0.2) is 49.5 Å². The Morgan fingerprint density at radius 2 is 2.35 bits per heavy atom. The van der Waals surface area contributed by atoms with Gasteiger partial charge in [-0.05, 0) is 20.3 Å². The molecule has 0 aliphatic heterocycles. The first-order valence-corrected chi connectivity index (χ1v) is 8.85. The lowest BCUT2D eigenvalue weighted by molar-refractivity contribution is 0.152. The molecule has 20 heavy (non-hydrogen) atoms. The Bertz CT molecular complexity index is 357. The average molecular weight is 316 g/mol. The van der Waals surface area contributed by atoms with Crippen LogP contribution < -0.4 is 10.6 Å². The minimum Gasteiger partial charge on any atom is -0.380 e. The van der Waals surface area contributed by atoms with Crippen LogP contribution >= 0.6 is 23.1 Å². The number of nitrogens with one attached hydrogen (secondary N) is 2. The van der Waals surface area contributed by atoms with Gasteiger partial charge in [0.05, 0.1) is 6.61 Å². The summed E-state index contributed by atoms with van der Waals surface area (Å²) < 4.78 is 6.43. The number of hydrogen-bond acceptors (Lipinski definition) is 5. The van der Waals surface area contributed by atoms with E-state index in [1.807, 2.05) is 18.5 Å². The predicted molar refractivity (Wildman–Crippen MR) is 87.9 cm³/mol. The van der Waals surface area contributed by atoms with Crippen LogP contribution in [0.4, 0.5) is 0 Å². The van der Waals surface area contributed by atoms with Gasteiger partial charge >= 0.3 is 0 Å². The summed E-state index contributed by atoms with van der Waals surface area (Å²) >= 11 is 3.48. The second-order valence-corrected chi connectivity index (χ2v) is 6.12. The second-order valence-electron chi connectivity index (χ2n) is 3.88. The van der Waals surface area contributed by atoms with Gasteiger partial charge in [-0.15, -0.1) is 11.3 Å². The summed E-state index contributed by atoms with van der Waals surface area (Å²) in [5.74, 6) is 1.92. The van der Waals surface area contributed by atoms with E-state index in [1.54, 1.807) is 23.1 Å². The van der Waals surface area contributed by atoms with Crippen molar-refractivity contribution in [3.05, 3.63) is 11.6 Å². The Balaban J connectivity index is 2.13. The number of thioether (sulfide) groups is 1. The summed E-state index contributed by atoms with van der Waals surface area (Å²) in [6, 6.07) is 0. The molecule has 114 valence electrons. The molecule has 0 aliphatic rings. The van der Waals surface area contributed by atoms with Crippen LogP contribution in [-0.2, 0) is 4.74 Å². The zero-order chi connectivity index (χ0) is 14.5. The van der Waals surface area contributed by atoms with Gasteiger partial charge in [-0.1, -0.05) is 11.8 Å². The molecule has 1 rings (SSSR count). The van der Waals surface area contributed by atoms with Crippen molar-refractivity contribution in [2.45, 2.75) is 24.6 Å². The number of ether oxygens (including phenoxy) is 1. The molecular formula is C13H24N4OS2. The van der Waals surface area contributed by atoms with Crippen LogP contribution in [0.2, 0.25) is 0 Å². The van der Waals surface area contributed by atoms with Crippen molar-refractivity contribution in [2.24, 2.45) is 4.99 Å². The van der Waals surface area contributed by atoms with Crippen LogP contribution in [0, 0.1) is 0 Å². The molecule has 1 aromatic rings. The van der Waals surface area contributed by atoms with Crippen LogP contribution in [0.15, 0.2) is 20.9 Å². The number of aliphatic imine (C=N–C) groups is 1. The molecule has 0 saturated carbocycles. The second kappa shape index (κ2) is 12.0. The van der Waals surface area contributed by atoms with E-state index in [4.69, 9.17) is 4.74 Å². The van der Waals surface area contributed by atoms with Crippen molar-refractivity contribution in [2.75, 3.05) is 38.6 Å². The maximum Gasteiger partial charge on any atom is 0.191 e. The summed E-state index contributed by atoms with van der Waals surface area (Å²) in [6.07, 6.45) is 2.89. The van der Waals surface area contributed by atoms with Crippen molar-refractivity contribution in [3.63, 3.8) is 0 Å². The Morgan fingerprint density at radius 1 is 1.45 bits per heavy atom. The van der Waals surface area contributed by atoms with Crippen molar-refractivity contribution >= 4 is 29.1 Å². The summed E-state index contributed by atoms with van der Waals surface area (Å²) in [5, 5.41) is 8.49. The van der Waals surface area contributed by atoms with Gasteiger partial charge in [0.25, 0.3) is 0 Å². The molecule has 0 bridgehead atoms. The fourth-order valence-corrected chi connectivity index (χ4v) is 3.06. The maximum atomic E-state index is 5.29. The first-order chi connectivity index (χ1) is 9.86. The minimum atomic E-state index is 0.709. The molecule has 1 heterocycles. The molecule has 1 aromatic heterocycles. The van der Waals surface area contributed by atoms with E-state index in [0.717, 1.165) is 48.7 Å². The van der Waals surface area contributed by atoms with Crippen LogP contribution in [0.5, 0.6) is 0 Å². The predicted octanol–water partition coefficient (Wildman–Crippen LogP) is 2.22. The Morgan fingerprint density at radius 3 is 3.05 bits per heavy atom. The molecule has 5 nitrogen and oxygen atoms in total. The quantitative estimate of drug-likeness (QED) is 0.300. The summed E-state index contributed by atoms with van der Waals surface area (Å²) in [4.78, 5) is 8.78. The van der Waals surface area contributed by atoms with Crippen LogP contribution in [0.25, 0.3) is 0 Å². The first-order valence-electron chi connectivity index (χ1n) is 6.99. The van der Waals surface area contributed by atoms with E-state index in [-0.39, 0.29) is 0 Å². The Kier molecular flexibility index (Phi) is 10.3. The summed E-state index contributed by atoms with van der Waals surface area (Å²) in [7, 11) is 0. The van der Waals surface area contributed by atoms with Gasteiger partial charge in [-0.25, -0.2) is 4.98 Å². The SMILES string of the molecule is CCNC(=NCCCSc1nccs1)NCCOCC. The average Bonchev–Trinajstić information content (AvgIpc) is 2.96. The molecule has 0 amide bonds. The first kappa shape index (κ1) is 17.3. The van der Waals surface area contributed by atoms with Gasteiger partial charge in [-0.3, -0.25) is 4.99 Å². The van der Waals surface area contributed by atoms with Gasteiger partial charge < -0.3 is 15.4 Å². The topological polar surface area (TPSA) is 58.5 Å². The molecule has 0 aromatic carbocycles. The van der Waals surface area contributed by atoms with E-state index in [2.05, 4.69) is 27.5 Å². The zero-order valence-corrected chi connectivity index (χ0v) is 13.9. The molecule has 7 heteroatoms. The highest BCUT2D eigenvalue weighted by atomic mass is 32.2. The third-order valence-corrected chi connectivity index (χ3v) is 4.35. The number of aromatic nitrogens is 1. The van der Waals surface area contributed by atoms with Crippen molar-refractivity contribution in [1.82, 2.24) is 15.6 Å². The molecule has 2 N–H and O–H groups in total. The minimum absolute atomic E-state index is 0.709. The fraction of sp³-hybridized carbons (Fsp3) is 0.692. The molecule has 0 aliphatic carbocycles. The number of nitrogens with zero attached hydrogens (tertiary/aromatic N) is 2. The lowest BCUT2D eigenvalue weighted by atomic mass is 10.5. The molecule has 0 fully saturated rings. The highest BCUT2D eigenvalue weighted by Crippen LogP contribution is 2.20. The van der Waals surface area contributed by atoms with Crippen LogP contribution in [0.3, 0.4) is 0 Å². The van der Waals surface area contributed by atoms with E-state index >= 15 is 0 Å². The number of thiazole rings is 1. The van der Waals surface area contributed by atoms with E-state index < -0.39 is 0 Å². The van der Waals surface area contributed by atoms with Gasteiger partial charge in [0, 0.05) is 43.6 Å². The number of hydrogen-bond donors (Lipinski definition) is 2. The zero-order valence-electron chi connectivity index (χ0n) is 12.2. The van der Waals surface area contributed by atoms with Crippen LogP contribution in [0.1, 0.15) is 20.3 Å². The van der Waals surface area contributed by atoms with Crippen molar-refractivity contribution in [1.29, 1.82) is 0 Å². The van der Waals surface area contributed by atoms with Crippen molar-refractivity contribution < 1.29 is 4.74 Å². The summed E-state index contributed by atoms with van der Waals surface area (Å²) in [5.41, 5.74) is 0. The molecule has 0 saturated heterocycles. The third-order valence-electron chi connectivity index (χ3n) is 2.29. The lowest BCUT2D eigenvalue weighted by Crippen LogP contribution is -2.39. The summed E-state index contributed by atoms with van der Waals surface area (Å²) in [6.45, 7) is 8.01. The number of guanidine groups is 1. The molecule has 0 unspecified atom stereocenters. The van der Waals surface area contributed by atoms with E-state index in [1.165, 1.54) is 0 Å². The molecule has 0 spiro atoms. The highest BCUT2D eigenvalue weighted by Gasteiger charge is 1.98. The smallest absolute Gasteiger partial charge is 0.191 e. The van der Waals surface area contributed by atoms with Crippen molar-refractivity contribution in [3.8, 4) is 0 Å². The maximum absolute atomic E-state index is 5.29. The highest BCUT2D eigenvalue weighted by molar-refractivity contribution is 8.00. The third kappa shape index (κ3) is 8.39. The van der Waals surface area contributed by atoms with Gasteiger partial charge in [-0.2, -0.15) is 0 Å². The molecular weight excluding hydrogens is 292 g/mol. The largest absolute Gasteiger partial charge is 0.380 e. The van der Waals surface area contributed by atoms with Gasteiger partial charge in [0.15, 0.2) is 5.96 Å². The molecule has 0 radical (unpaired) electrons. The number of rotatable bonds is 10. The molecule has 0 atom stereocenters. The Hall–Kier alpha value is -0.790. The standard InChI is InChI=1S/C13H24N4OS2/c1-3-14-12(16-7-9-18-4-2)15-6-5-10-19-13-17-8-11-20-13/h8,11H,3-7,9-10H2,1-2H3,(H2,14,15,16). The normalized spacial score (nSPS) is 11.6. The Labute approximate surface area is 129 Å². The lowest BCUT2D eigenvalue weighted by Gasteiger charge is -2.10. The van der Waals surface area contributed by atoms with E-state index in [9.17, 15) is 0 Å². The fourth-order valence-electron chi connectivity index (χ4n) is 1.42. The monoisotopic (exact) mass is 316 g/mol.